The maximum absolute atomic E-state index is 13.3. The van der Waals surface area contributed by atoms with Gasteiger partial charge in [-0.1, -0.05) is 35.6 Å². The number of thiazole rings is 1. The second kappa shape index (κ2) is 7.57. The molecule has 2 aromatic carbocycles. The molecule has 11 heteroatoms. The Bertz CT molecular complexity index is 1200. The van der Waals surface area contributed by atoms with E-state index in [9.17, 15) is 25.6 Å². The molecule has 0 radical (unpaired) electrons. The summed E-state index contributed by atoms with van der Waals surface area (Å²) in [6.45, 7) is 0. The molecule has 0 bridgehead atoms. The number of halogens is 2. The van der Waals surface area contributed by atoms with Crippen LogP contribution in [0.3, 0.4) is 0 Å². The molecule has 3 rings (SSSR count). The summed E-state index contributed by atoms with van der Waals surface area (Å²) in [7, 11) is -7.57. The molecule has 1 aromatic heterocycles. The molecule has 148 valence electrons. The van der Waals surface area contributed by atoms with E-state index in [1.54, 1.807) is 0 Å². The van der Waals surface area contributed by atoms with Crippen LogP contribution in [0.25, 0.3) is 21.7 Å². The second-order valence-corrected chi connectivity index (χ2v) is 10.5. The maximum atomic E-state index is 13.3. The van der Waals surface area contributed by atoms with Crippen molar-refractivity contribution >= 4 is 36.3 Å². The van der Waals surface area contributed by atoms with Gasteiger partial charge in [0.05, 0.1) is 15.5 Å². The van der Waals surface area contributed by atoms with Crippen molar-refractivity contribution in [3.8, 4) is 21.7 Å². The van der Waals surface area contributed by atoms with Crippen molar-refractivity contribution in [2.45, 2.75) is 4.90 Å². The second-order valence-electron chi connectivity index (χ2n) is 5.83. The fourth-order valence-electron chi connectivity index (χ4n) is 2.38. The maximum Gasteiger partial charge on any atom is 0.264 e. The Morgan fingerprint density at radius 2 is 1.54 bits per heavy atom. The lowest BCUT2D eigenvalue weighted by Gasteiger charge is -2.04. The predicted molar refractivity (Wildman–Crippen MR) is 105 cm³/mol. The standard InChI is InChI=1S/C17H14F2N2O4S3/c1-27(22,23)14-8-4-11(5-9-14)15-16(12-2-6-13(19)7-3-12)26-17(20-15)21-28(24,25)10-18/h2-9H,10H2,1H3,(H,20,21). The third kappa shape index (κ3) is 4.54. The lowest BCUT2D eigenvalue weighted by molar-refractivity contribution is 0.538. The smallest absolute Gasteiger partial charge is 0.256 e. The van der Waals surface area contributed by atoms with Gasteiger partial charge in [0, 0.05) is 11.8 Å². The van der Waals surface area contributed by atoms with Gasteiger partial charge in [-0.25, -0.2) is 30.6 Å². The summed E-state index contributed by atoms with van der Waals surface area (Å²) in [4.78, 5) is 4.86. The highest BCUT2D eigenvalue weighted by molar-refractivity contribution is 7.92. The Morgan fingerprint density at radius 1 is 0.964 bits per heavy atom. The molecule has 3 aromatic rings. The van der Waals surface area contributed by atoms with Gasteiger partial charge >= 0.3 is 0 Å². The Balaban J connectivity index is 2.12. The molecule has 0 aliphatic rings. The first-order valence-electron chi connectivity index (χ1n) is 7.73. The number of nitrogens with one attached hydrogen (secondary N) is 1. The zero-order valence-electron chi connectivity index (χ0n) is 14.4. The number of rotatable bonds is 6. The summed E-state index contributed by atoms with van der Waals surface area (Å²) in [6, 6.07) is 9.78. The van der Waals surface area contributed by atoms with Crippen LogP contribution >= 0.6 is 11.3 Å². The van der Waals surface area contributed by atoms with Crippen LogP contribution in [0, 0.1) is 5.82 Å². The third-order valence-electron chi connectivity index (χ3n) is 3.68. The van der Waals surface area contributed by atoms with Crippen LogP contribution in [0.2, 0.25) is 0 Å². The average molecular weight is 445 g/mol. The van der Waals surface area contributed by atoms with E-state index < -0.39 is 31.7 Å². The van der Waals surface area contributed by atoms with Crippen molar-refractivity contribution in [1.29, 1.82) is 0 Å². The van der Waals surface area contributed by atoms with Gasteiger partial charge in [-0.05, 0) is 29.8 Å². The summed E-state index contributed by atoms with van der Waals surface area (Å²) in [5.41, 5.74) is 1.45. The van der Waals surface area contributed by atoms with Crippen molar-refractivity contribution in [3.05, 3.63) is 54.3 Å². The predicted octanol–water partition coefficient (Wildman–Crippen LogP) is 3.69. The molecule has 0 amide bonds. The van der Waals surface area contributed by atoms with Gasteiger partial charge in [0.25, 0.3) is 10.0 Å². The fraction of sp³-hybridized carbons (Fsp3) is 0.118. The van der Waals surface area contributed by atoms with Crippen LogP contribution in [-0.2, 0) is 19.9 Å². The van der Waals surface area contributed by atoms with Crippen molar-refractivity contribution in [1.82, 2.24) is 4.98 Å². The van der Waals surface area contributed by atoms with Crippen LogP contribution in [-0.4, -0.2) is 34.1 Å². The summed E-state index contributed by atoms with van der Waals surface area (Å²) in [5, 5.41) is -0.0563. The van der Waals surface area contributed by atoms with Crippen molar-refractivity contribution < 1.29 is 25.6 Å². The fourth-order valence-corrected chi connectivity index (χ4v) is 4.77. The van der Waals surface area contributed by atoms with E-state index in [1.807, 2.05) is 4.72 Å². The van der Waals surface area contributed by atoms with E-state index in [2.05, 4.69) is 4.98 Å². The number of sulfone groups is 1. The van der Waals surface area contributed by atoms with Crippen LogP contribution in [0.1, 0.15) is 0 Å². The SMILES string of the molecule is CS(=O)(=O)c1ccc(-c2nc(NS(=O)(=O)CF)sc2-c2ccc(F)cc2)cc1. The van der Waals surface area contributed by atoms with Gasteiger partial charge in [-0.15, -0.1) is 0 Å². The van der Waals surface area contributed by atoms with Gasteiger partial charge in [-0.3, -0.25) is 4.72 Å². The molecule has 6 nitrogen and oxygen atoms in total. The minimum absolute atomic E-state index is 0.0563. The number of benzene rings is 2. The lowest BCUT2D eigenvalue weighted by atomic mass is 10.1. The number of nitrogens with zero attached hydrogens (tertiary/aromatic N) is 1. The molecular weight excluding hydrogens is 430 g/mol. The average Bonchev–Trinajstić information content (AvgIpc) is 3.05. The Labute approximate surface area is 164 Å². The monoisotopic (exact) mass is 444 g/mol. The van der Waals surface area contributed by atoms with Crippen LogP contribution in [0.4, 0.5) is 13.9 Å². The first-order valence-corrected chi connectivity index (χ1v) is 12.1. The number of alkyl halides is 1. The normalized spacial score (nSPS) is 12.1. The number of aromatic nitrogens is 1. The molecule has 1 N–H and O–H groups in total. The van der Waals surface area contributed by atoms with E-state index >= 15 is 0 Å². The number of hydrogen-bond acceptors (Lipinski definition) is 6. The molecule has 0 saturated heterocycles. The lowest BCUT2D eigenvalue weighted by Crippen LogP contribution is -2.13. The van der Waals surface area contributed by atoms with Crippen molar-refractivity contribution in [2.24, 2.45) is 0 Å². The molecule has 0 aliphatic carbocycles. The molecule has 0 unspecified atom stereocenters. The molecule has 0 spiro atoms. The van der Waals surface area contributed by atoms with E-state index in [0.29, 0.717) is 21.7 Å². The zero-order valence-corrected chi connectivity index (χ0v) is 16.8. The largest absolute Gasteiger partial charge is 0.264 e. The molecular formula is C17H14F2N2O4S3. The third-order valence-corrected chi connectivity index (χ3v) is 6.75. The van der Waals surface area contributed by atoms with Gasteiger partial charge < -0.3 is 0 Å². The van der Waals surface area contributed by atoms with Crippen molar-refractivity contribution in [2.75, 3.05) is 17.0 Å². The topological polar surface area (TPSA) is 93.2 Å². The molecule has 0 saturated carbocycles. The van der Waals surface area contributed by atoms with E-state index in [1.165, 1.54) is 48.5 Å². The zero-order chi connectivity index (χ0) is 20.5. The summed E-state index contributed by atoms with van der Waals surface area (Å²) in [6.07, 6.45) is 1.08. The van der Waals surface area contributed by atoms with Crippen LogP contribution in [0.5, 0.6) is 0 Å². The molecule has 0 atom stereocenters. The number of anilines is 1. The molecule has 28 heavy (non-hydrogen) atoms. The Kier molecular flexibility index (Phi) is 5.50. The highest BCUT2D eigenvalue weighted by Crippen LogP contribution is 2.39. The van der Waals surface area contributed by atoms with Gasteiger partial charge in [-0.2, -0.15) is 0 Å². The first kappa shape index (κ1) is 20.4. The minimum atomic E-state index is -4.18. The molecule has 0 aliphatic heterocycles. The van der Waals surface area contributed by atoms with Gasteiger partial charge in [0.15, 0.2) is 15.0 Å². The first-order chi connectivity index (χ1) is 13.1. The summed E-state index contributed by atoms with van der Waals surface area (Å²) >= 11 is 0.957. The van der Waals surface area contributed by atoms with E-state index in [-0.39, 0.29) is 10.0 Å². The van der Waals surface area contributed by atoms with Gasteiger partial charge in [0.2, 0.25) is 6.01 Å². The Hall–Kier alpha value is -2.37. The number of hydrogen-bond donors (Lipinski definition) is 1. The quantitative estimate of drug-likeness (QED) is 0.626. The summed E-state index contributed by atoms with van der Waals surface area (Å²) in [5.74, 6) is -0.439. The molecule has 1 heterocycles. The highest BCUT2D eigenvalue weighted by atomic mass is 32.2. The van der Waals surface area contributed by atoms with E-state index in [4.69, 9.17) is 0 Å². The Morgan fingerprint density at radius 3 is 2.07 bits per heavy atom. The minimum Gasteiger partial charge on any atom is -0.256 e. The van der Waals surface area contributed by atoms with E-state index in [0.717, 1.165) is 17.6 Å². The van der Waals surface area contributed by atoms with Crippen LogP contribution in [0.15, 0.2) is 53.4 Å². The van der Waals surface area contributed by atoms with Crippen molar-refractivity contribution in [3.63, 3.8) is 0 Å². The van der Waals surface area contributed by atoms with Gasteiger partial charge in [0.1, 0.15) is 5.82 Å². The van der Waals surface area contributed by atoms with Crippen LogP contribution < -0.4 is 4.72 Å². The molecule has 0 fully saturated rings. The highest BCUT2D eigenvalue weighted by Gasteiger charge is 2.19. The number of sulfonamides is 1. The summed E-state index contributed by atoms with van der Waals surface area (Å²) < 4.78 is 74.3.